The first-order valence-corrected chi connectivity index (χ1v) is 20.5. The van der Waals surface area contributed by atoms with Crippen LogP contribution in [0.25, 0.3) is 88.3 Å². The molecule has 0 unspecified atom stereocenters. The molecule has 0 aliphatic heterocycles. The van der Waals surface area contributed by atoms with Crippen molar-refractivity contribution in [3.05, 3.63) is 237 Å². The number of nitrogens with zero attached hydrogens (tertiary/aromatic N) is 1. The van der Waals surface area contributed by atoms with Crippen LogP contribution in [-0.4, -0.2) is 0 Å². The van der Waals surface area contributed by atoms with Crippen LogP contribution >= 0.6 is 0 Å². The number of hydrogen-bond donors (Lipinski definition) is 0. The quantitative estimate of drug-likeness (QED) is 0.153. The second kappa shape index (κ2) is 15.1. The predicted molar refractivity (Wildman–Crippen MR) is 253 cm³/mol. The Morgan fingerprint density at radius 2 is 0.717 bits per heavy atom. The Morgan fingerprint density at radius 1 is 0.283 bits per heavy atom. The van der Waals surface area contributed by atoms with Crippen LogP contribution in [0.3, 0.4) is 0 Å². The summed E-state index contributed by atoms with van der Waals surface area (Å²) in [6, 6.07) is 84.7. The van der Waals surface area contributed by atoms with Crippen molar-refractivity contribution in [2.75, 3.05) is 4.90 Å². The van der Waals surface area contributed by atoms with Gasteiger partial charge in [0.2, 0.25) is 0 Å². The van der Waals surface area contributed by atoms with Gasteiger partial charge < -0.3 is 9.32 Å². The molecule has 0 spiro atoms. The van der Waals surface area contributed by atoms with E-state index in [1.54, 1.807) is 0 Å². The van der Waals surface area contributed by atoms with E-state index in [1.165, 1.54) is 43.8 Å². The standard InChI is InChI=1S/C58H39NO/c1-2-15-45(16-3-1)57-55-23-8-9-26-56(55)60-58(57)47-20-10-19-46(39-47)40-27-33-48(34-28-40)59(49-35-29-43(30-36-49)53-24-11-17-41-13-4-6-21-51(41)53)50-37-31-44(32-38-50)54-25-12-18-42-14-5-7-22-52(42)54/h1-39H. The van der Waals surface area contributed by atoms with Crippen molar-refractivity contribution in [1.29, 1.82) is 0 Å². The maximum Gasteiger partial charge on any atom is 0.143 e. The van der Waals surface area contributed by atoms with E-state index in [4.69, 9.17) is 4.42 Å². The average molecular weight is 766 g/mol. The summed E-state index contributed by atoms with van der Waals surface area (Å²) in [5, 5.41) is 6.11. The fraction of sp³-hybridized carbons (Fsp3) is 0. The van der Waals surface area contributed by atoms with Crippen LogP contribution in [0.5, 0.6) is 0 Å². The van der Waals surface area contributed by atoms with Crippen LogP contribution in [0, 0.1) is 0 Å². The lowest BCUT2D eigenvalue weighted by atomic mass is 9.96. The van der Waals surface area contributed by atoms with Gasteiger partial charge in [0.1, 0.15) is 11.3 Å². The predicted octanol–water partition coefficient (Wildman–Crippen LogP) is 16.5. The van der Waals surface area contributed by atoms with Crippen LogP contribution < -0.4 is 4.90 Å². The molecule has 0 atom stereocenters. The van der Waals surface area contributed by atoms with Crippen LogP contribution in [0.2, 0.25) is 0 Å². The maximum atomic E-state index is 6.59. The molecule has 1 aromatic heterocycles. The number of fused-ring (bicyclic) bond motifs is 3. The molecule has 0 fully saturated rings. The molecule has 2 heteroatoms. The Labute approximate surface area is 349 Å². The summed E-state index contributed by atoms with van der Waals surface area (Å²) in [6.45, 7) is 0. The topological polar surface area (TPSA) is 16.4 Å². The third-order valence-electron chi connectivity index (χ3n) is 11.7. The van der Waals surface area contributed by atoms with Gasteiger partial charge >= 0.3 is 0 Å². The van der Waals surface area contributed by atoms with Gasteiger partial charge in [-0.2, -0.15) is 0 Å². The lowest BCUT2D eigenvalue weighted by Crippen LogP contribution is -2.09. The minimum atomic E-state index is 0.880. The molecule has 11 rings (SSSR count). The molecule has 0 saturated heterocycles. The largest absolute Gasteiger partial charge is 0.455 e. The SMILES string of the molecule is c1ccc(-c2c(-c3cccc(-c4ccc(N(c5ccc(-c6cccc7ccccc67)cc5)c5ccc(-c6cccc7ccccc67)cc5)cc4)c3)oc3ccccc23)cc1. The van der Waals surface area contributed by atoms with Crippen molar-refractivity contribution in [3.63, 3.8) is 0 Å². The molecule has 60 heavy (non-hydrogen) atoms. The first kappa shape index (κ1) is 35.2. The van der Waals surface area contributed by atoms with Gasteiger partial charge in [-0.15, -0.1) is 0 Å². The summed E-state index contributed by atoms with van der Waals surface area (Å²) in [7, 11) is 0. The van der Waals surface area contributed by atoms with Gasteiger partial charge in [0, 0.05) is 33.6 Å². The first-order chi connectivity index (χ1) is 29.7. The smallest absolute Gasteiger partial charge is 0.143 e. The lowest BCUT2D eigenvalue weighted by Gasteiger charge is -2.26. The van der Waals surface area contributed by atoms with E-state index in [0.717, 1.165) is 61.6 Å². The fourth-order valence-electron chi connectivity index (χ4n) is 8.76. The zero-order chi connectivity index (χ0) is 39.8. The van der Waals surface area contributed by atoms with Gasteiger partial charge in [0.25, 0.3) is 0 Å². The molecule has 0 bridgehead atoms. The summed E-state index contributed by atoms with van der Waals surface area (Å²) >= 11 is 0. The van der Waals surface area contributed by atoms with E-state index in [2.05, 4.69) is 229 Å². The van der Waals surface area contributed by atoms with Crippen molar-refractivity contribution in [3.8, 4) is 55.8 Å². The third kappa shape index (κ3) is 6.41. The Hall–Kier alpha value is -7.94. The number of para-hydroxylation sites is 1. The molecule has 0 N–H and O–H groups in total. The van der Waals surface area contributed by atoms with Crippen molar-refractivity contribution < 1.29 is 4.42 Å². The van der Waals surface area contributed by atoms with Gasteiger partial charge in [0.05, 0.1) is 0 Å². The highest BCUT2D eigenvalue weighted by atomic mass is 16.3. The number of rotatable bonds is 8. The van der Waals surface area contributed by atoms with E-state index >= 15 is 0 Å². The van der Waals surface area contributed by atoms with Gasteiger partial charge in [-0.25, -0.2) is 0 Å². The number of furan rings is 1. The Morgan fingerprint density at radius 3 is 1.30 bits per heavy atom. The number of hydrogen-bond acceptors (Lipinski definition) is 2. The Balaban J connectivity index is 0.973. The highest BCUT2D eigenvalue weighted by Gasteiger charge is 2.19. The molecule has 0 saturated carbocycles. The normalized spacial score (nSPS) is 11.3. The van der Waals surface area contributed by atoms with Gasteiger partial charge in [-0.3, -0.25) is 0 Å². The van der Waals surface area contributed by atoms with Crippen molar-refractivity contribution in [1.82, 2.24) is 0 Å². The average Bonchev–Trinajstić information content (AvgIpc) is 3.72. The van der Waals surface area contributed by atoms with Crippen molar-refractivity contribution in [2.45, 2.75) is 0 Å². The molecular formula is C58H39NO. The van der Waals surface area contributed by atoms with E-state index in [-0.39, 0.29) is 0 Å². The molecular weight excluding hydrogens is 727 g/mol. The van der Waals surface area contributed by atoms with Gasteiger partial charge in [-0.1, -0.05) is 188 Å². The summed E-state index contributed by atoms with van der Waals surface area (Å²) in [5.41, 5.74) is 14.6. The molecule has 282 valence electrons. The summed E-state index contributed by atoms with van der Waals surface area (Å²) in [6.07, 6.45) is 0. The lowest BCUT2D eigenvalue weighted by molar-refractivity contribution is 0.632. The zero-order valence-electron chi connectivity index (χ0n) is 32.9. The second-order valence-electron chi connectivity index (χ2n) is 15.3. The molecule has 0 aliphatic carbocycles. The van der Waals surface area contributed by atoms with E-state index in [1.807, 2.05) is 12.1 Å². The molecule has 10 aromatic carbocycles. The zero-order valence-corrected chi connectivity index (χ0v) is 32.9. The highest BCUT2D eigenvalue weighted by Crippen LogP contribution is 2.43. The molecule has 2 nitrogen and oxygen atoms in total. The summed E-state index contributed by atoms with van der Waals surface area (Å²) < 4.78 is 6.59. The second-order valence-corrected chi connectivity index (χ2v) is 15.3. The highest BCUT2D eigenvalue weighted by molar-refractivity contribution is 6.02. The maximum absolute atomic E-state index is 6.59. The third-order valence-corrected chi connectivity index (χ3v) is 11.7. The van der Waals surface area contributed by atoms with Crippen molar-refractivity contribution >= 4 is 49.6 Å². The van der Waals surface area contributed by atoms with Crippen LogP contribution in [0.4, 0.5) is 17.1 Å². The van der Waals surface area contributed by atoms with E-state index < -0.39 is 0 Å². The Bertz CT molecular complexity index is 3150. The summed E-state index contributed by atoms with van der Waals surface area (Å²) in [5.74, 6) is 0.880. The number of anilines is 3. The first-order valence-electron chi connectivity index (χ1n) is 20.5. The Kier molecular flexibility index (Phi) is 8.87. The molecule has 1 heterocycles. The molecule has 11 aromatic rings. The monoisotopic (exact) mass is 765 g/mol. The van der Waals surface area contributed by atoms with Crippen LogP contribution in [-0.2, 0) is 0 Å². The molecule has 0 aliphatic rings. The number of benzene rings is 10. The fourth-order valence-corrected chi connectivity index (χ4v) is 8.76. The molecule has 0 amide bonds. The minimum absolute atomic E-state index is 0.880. The van der Waals surface area contributed by atoms with Crippen LogP contribution in [0.1, 0.15) is 0 Å². The van der Waals surface area contributed by atoms with Crippen LogP contribution in [0.15, 0.2) is 241 Å². The van der Waals surface area contributed by atoms with E-state index in [0.29, 0.717) is 0 Å². The van der Waals surface area contributed by atoms with Gasteiger partial charge in [0.15, 0.2) is 0 Å². The van der Waals surface area contributed by atoms with Gasteiger partial charge in [-0.05, 0) is 109 Å². The molecule has 0 radical (unpaired) electrons. The van der Waals surface area contributed by atoms with E-state index in [9.17, 15) is 0 Å². The van der Waals surface area contributed by atoms with Crippen molar-refractivity contribution in [2.24, 2.45) is 0 Å². The minimum Gasteiger partial charge on any atom is -0.455 e. The summed E-state index contributed by atoms with van der Waals surface area (Å²) in [4.78, 5) is 2.35.